The van der Waals surface area contributed by atoms with Crippen molar-refractivity contribution in [3.63, 3.8) is 0 Å². The van der Waals surface area contributed by atoms with Crippen LogP contribution < -0.4 is 15.5 Å². The number of hydrogen-bond donors (Lipinski definition) is 4. The van der Waals surface area contributed by atoms with Crippen LogP contribution in [-0.2, 0) is 6.54 Å². The summed E-state index contributed by atoms with van der Waals surface area (Å²) in [5.74, 6) is 0.724. The first-order chi connectivity index (χ1) is 12.0. The molecule has 8 nitrogen and oxygen atoms in total. The highest BCUT2D eigenvalue weighted by molar-refractivity contribution is 6.04. The molecule has 3 rings (SSSR count). The molecule has 2 unspecified atom stereocenters. The highest BCUT2D eigenvalue weighted by atomic mass is 16.3. The van der Waals surface area contributed by atoms with Crippen LogP contribution in [0.2, 0.25) is 0 Å². The van der Waals surface area contributed by atoms with Crippen molar-refractivity contribution in [3.05, 3.63) is 41.6 Å². The number of aliphatic hydroxyl groups excluding tert-OH is 2. The molecule has 0 fully saturated rings. The van der Waals surface area contributed by atoms with E-state index in [0.717, 1.165) is 16.8 Å². The Morgan fingerprint density at radius 3 is 2.88 bits per heavy atom. The standard InChI is InChI=1S/C17H21N5O3/c1-10-5-3-4-6-13(10)22-8-12-7-18-16(19-11(2)14(24)9-23)20-15(12)21-17(22)25/h3-7,11,14,23-24H,8-9H2,1-2H3,(H2,18,19,20,21,25). The normalized spacial score (nSPS) is 16.0. The van der Waals surface area contributed by atoms with Crippen LogP contribution in [-0.4, -0.2) is 45.0 Å². The molecule has 2 heterocycles. The fourth-order valence-corrected chi connectivity index (χ4v) is 2.63. The zero-order valence-electron chi connectivity index (χ0n) is 14.1. The van der Waals surface area contributed by atoms with Crippen LogP contribution in [0.1, 0.15) is 18.1 Å². The predicted molar refractivity (Wildman–Crippen MR) is 94.6 cm³/mol. The van der Waals surface area contributed by atoms with Gasteiger partial charge in [-0.3, -0.25) is 10.2 Å². The van der Waals surface area contributed by atoms with E-state index in [1.165, 1.54) is 0 Å². The highest BCUT2D eigenvalue weighted by Gasteiger charge is 2.26. The third kappa shape index (κ3) is 3.54. The molecule has 1 aliphatic heterocycles. The second-order valence-electron chi connectivity index (χ2n) is 6.05. The number of anilines is 3. The SMILES string of the molecule is Cc1ccccc1N1Cc2cnc(NC(C)C(O)CO)nc2NC1=O. The van der Waals surface area contributed by atoms with E-state index in [4.69, 9.17) is 5.11 Å². The van der Waals surface area contributed by atoms with Gasteiger partial charge in [-0.05, 0) is 25.5 Å². The maximum atomic E-state index is 12.5. The monoisotopic (exact) mass is 343 g/mol. The Kier molecular flexibility index (Phi) is 4.82. The van der Waals surface area contributed by atoms with Crippen molar-refractivity contribution in [1.29, 1.82) is 0 Å². The van der Waals surface area contributed by atoms with Crippen LogP contribution in [0.3, 0.4) is 0 Å². The van der Waals surface area contributed by atoms with Gasteiger partial charge in [-0.1, -0.05) is 18.2 Å². The van der Waals surface area contributed by atoms with E-state index < -0.39 is 12.1 Å². The molecular formula is C17H21N5O3. The molecule has 2 amide bonds. The number of para-hydroxylation sites is 1. The van der Waals surface area contributed by atoms with Gasteiger partial charge < -0.3 is 15.5 Å². The highest BCUT2D eigenvalue weighted by Crippen LogP contribution is 2.28. The number of nitrogens with one attached hydrogen (secondary N) is 2. The van der Waals surface area contributed by atoms with E-state index in [9.17, 15) is 9.90 Å². The van der Waals surface area contributed by atoms with E-state index in [2.05, 4.69) is 20.6 Å². The van der Waals surface area contributed by atoms with E-state index in [0.29, 0.717) is 12.4 Å². The smallest absolute Gasteiger partial charge is 0.327 e. The van der Waals surface area contributed by atoms with Gasteiger partial charge in [-0.2, -0.15) is 4.98 Å². The largest absolute Gasteiger partial charge is 0.394 e. The summed E-state index contributed by atoms with van der Waals surface area (Å²) in [6.07, 6.45) is 0.721. The number of carbonyl (C=O) groups is 1. The molecule has 0 aliphatic carbocycles. The van der Waals surface area contributed by atoms with E-state index >= 15 is 0 Å². The second-order valence-corrected chi connectivity index (χ2v) is 6.05. The van der Waals surface area contributed by atoms with Gasteiger partial charge in [0, 0.05) is 17.4 Å². The molecule has 0 radical (unpaired) electrons. The van der Waals surface area contributed by atoms with Crippen molar-refractivity contribution in [2.24, 2.45) is 0 Å². The predicted octanol–water partition coefficient (Wildman–Crippen LogP) is 1.49. The van der Waals surface area contributed by atoms with Crippen LogP contribution in [0.5, 0.6) is 0 Å². The van der Waals surface area contributed by atoms with E-state index in [-0.39, 0.29) is 18.6 Å². The minimum Gasteiger partial charge on any atom is -0.394 e. The summed E-state index contributed by atoms with van der Waals surface area (Å²) in [6.45, 7) is 3.68. The van der Waals surface area contributed by atoms with Crippen LogP contribution in [0.15, 0.2) is 30.5 Å². The zero-order valence-corrected chi connectivity index (χ0v) is 14.1. The molecular weight excluding hydrogens is 322 g/mol. The number of aliphatic hydroxyl groups is 2. The summed E-state index contributed by atoms with van der Waals surface area (Å²) in [6, 6.07) is 6.99. The maximum absolute atomic E-state index is 12.5. The van der Waals surface area contributed by atoms with Crippen molar-refractivity contribution in [1.82, 2.24) is 9.97 Å². The number of urea groups is 1. The van der Waals surface area contributed by atoms with Gasteiger partial charge in [0.05, 0.1) is 25.3 Å². The molecule has 0 bridgehead atoms. The molecule has 1 aliphatic rings. The third-order valence-corrected chi connectivity index (χ3v) is 4.19. The molecule has 2 aromatic rings. The minimum atomic E-state index is -0.925. The van der Waals surface area contributed by atoms with Crippen LogP contribution in [0.25, 0.3) is 0 Å². The van der Waals surface area contributed by atoms with Crippen LogP contribution in [0.4, 0.5) is 22.2 Å². The van der Waals surface area contributed by atoms with Gasteiger partial charge in [-0.15, -0.1) is 0 Å². The van der Waals surface area contributed by atoms with Gasteiger partial charge in [0.1, 0.15) is 5.82 Å². The number of nitrogens with zero attached hydrogens (tertiary/aromatic N) is 3. The molecule has 0 saturated heterocycles. The first-order valence-electron chi connectivity index (χ1n) is 8.05. The maximum Gasteiger partial charge on any atom is 0.327 e. The van der Waals surface area contributed by atoms with Crippen LogP contribution >= 0.6 is 0 Å². The zero-order chi connectivity index (χ0) is 18.0. The summed E-state index contributed by atoms with van der Waals surface area (Å²) < 4.78 is 0. The number of hydrogen-bond acceptors (Lipinski definition) is 6. The molecule has 0 spiro atoms. The Labute approximate surface area is 145 Å². The van der Waals surface area contributed by atoms with Gasteiger partial charge in [-0.25, -0.2) is 9.78 Å². The Morgan fingerprint density at radius 2 is 2.16 bits per heavy atom. The number of amides is 2. The number of aryl methyl sites for hydroxylation is 1. The van der Waals surface area contributed by atoms with Gasteiger partial charge >= 0.3 is 6.03 Å². The molecule has 0 saturated carbocycles. The summed E-state index contributed by atoms with van der Waals surface area (Å²) in [7, 11) is 0. The van der Waals surface area contributed by atoms with Gasteiger partial charge in [0.2, 0.25) is 5.95 Å². The Morgan fingerprint density at radius 1 is 1.40 bits per heavy atom. The molecule has 2 atom stereocenters. The lowest BCUT2D eigenvalue weighted by molar-refractivity contribution is 0.0837. The van der Waals surface area contributed by atoms with Gasteiger partial charge in [0.25, 0.3) is 0 Å². The molecule has 25 heavy (non-hydrogen) atoms. The Bertz CT molecular complexity index is 783. The average molecular weight is 343 g/mol. The number of carbonyl (C=O) groups excluding carboxylic acids is 1. The second kappa shape index (κ2) is 7.04. The number of rotatable bonds is 5. The number of aromatic nitrogens is 2. The Hall–Kier alpha value is -2.71. The summed E-state index contributed by atoms with van der Waals surface area (Å²) >= 11 is 0. The van der Waals surface area contributed by atoms with Crippen molar-refractivity contribution in [3.8, 4) is 0 Å². The third-order valence-electron chi connectivity index (χ3n) is 4.19. The first kappa shape index (κ1) is 17.1. The molecule has 8 heteroatoms. The number of fused-ring (bicyclic) bond motifs is 1. The summed E-state index contributed by atoms with van der Waals surface area (Å²) in [5.41, 5.74) is 2.64. The summed E-state index contributed by atoms with van der Waals surface area (Å²) in [4.78, 5) is 22.6. The van der Waals surface area contributed by atoms with E-state index in [1.807, 2.05) is 31.2 Å². The van der Waals surface area contributed by atoms with Crippen molar-refractivity contribution in [2.75, 3.05) is 22.1 Å². The quantitative estimate of drug-likeness (QED) is 0.655. The summed E-state index contributed by atoms with van der Waals surface area (Å²) in [5, 5.41) is 24.3. The Balaban J connectivity index is 1.81. The van der Waals surface area contributed by atoms with Crippen molar-refractivity contribution in [2.45, 2.75) is 32.5 Å². The lowest BCUT2D eigenvalue weighted by Gasteiger charge is -2.30. The first-order valence-corrected chi connectivity index (χ1v) is 8.05. The fraction of sp³-hybridized carbons (Fsp3) is 0.353. The van der Waals surface area contributed by atoms with Crippen molar-refractivity contribution < 1.29 is 15.0 Å². The minimum absolute atomic E-state index is 0.255. The molecule has 1 aromatic heterocycles. The van der Waals surface area contributed by atoms with Crippen LogP contribution in [0, 0.1) is 6.92 Å². The van der Waals surface area contributed by atoms with Gasteiger partial charge in [0.15, 0.2) is 0 Å². The topological polar surface area (TPSA) is 111 Å². The lowest BCUT2D eigenvalue weighted by Crippen LogP contribution is -2.40. The molecule has 132 valence electrons. The molecule has 1 aromatic carbocycles. The number of benzene rings is 1. The van der Waals surface area contributed by atoms with Crippen molar-refractivity contribution >= 4 is 23.5 Å². The molecule has 4 N–H and O–H groups in total. The average Bonchev–Trinajstić information content (AvgIpc) is 2.61. The fourth-order valence-electron chi connectivity index (χ4n) is 2.63. The lowest BCUT2D eigenvalue weighted by atomic mass is 10.1. The van der Waals surface area contributed by atoms with E-state index in [1.54, 1.807) is 18.0 Å².